The number of hydrogen-bond donors (Lipinski definition) is 1. The van der Waals surface area contributed by atoms with E-state index < -0.39 is 19.9 Å². The minimum atomic E-state index is -3.77. The molecule has 2 rings (SSSR count). The molecule has 1 heterocycles. The van der Waals surface area contributed by atoms with Gasteiger partial charge in [0, 0.05) is 18.9 Å². The normalized spacial score (nSPS) is 15.1. The minimum absolute atomic E-state index is 0.00949. The van der Waals surface area contributed by atoms with Gasteiger partial charge in [0.2, 0.25) is 10.0 Å². The molecule has 0 saturated heterocycles. The smallest absolute Gasteiger partial charge is 0.240 e. The molecule has 20 heavy (non-hydrogen) atoms. The largest absolute Gasteiger partial charge is 0.486 e. The summed E-state index contributed by atoms with van der Waals surface area (Å²) in [5.74, 6) is 0.602. The minimum Gasteiger partial charge on any atom is -0.486 e. The molecule has 0 amide bonds. The molecule has 1 aliphatic heterocycles. The first kappa shape index (κ1) is 15.1. The summed E-state index contributed by atoms with van der Waals surface area (Å²) in [6.45, 7) is 0.610. The first-order valence-electron chi connectivity index (χ1n) is 5.85. The number of ether oxygens (including phenoxy) is 2. The molecule has 0 unspecified atom stereocenters. The fraction of sp³-hybridized carbons (Fsp3) is 0.455. The number of sulfonamides is 1. The van der Waals surface area contributed by atoms with E-state index in [1.54, 1.807) is 0 Å². The number of benzene rings is 1. The summed E-state index contributed by atoms with van der Waals surface area (Å²) in [6.07, 6.45) is 1.05. The highest BCUT2D eigenvalue weighted by molar-refractivity contribution is 7.91. The van der Waals surface area contributed by atoms with E-state index in [0.29, 0.717) is 24.7 Å². The molecule has 0 fully saturated rings. The zero-order chi connectivity index (χ0) is 14.8. The molecule has 0 bridgehead atoms. The van der Waals surface area contributed by atoms with Gasteiger partial charge in [-0.1, -0.05) is 0 Å². The molecular weight excluding hydrogens is 306 g/mol. The predicted octanol–water partition coefficient (Wildman–Crippen LogP) is -0.219. The van der Waals surface area contributed by atoms with Gasteiger partial charge in [0.05, 0.1) is 10.6 Å². The molecule has 9 heteroatoms. The standard InChI is InChI=1S/C11H15NO6S2/c1-19(13,14)7-4-12-20(15,16)9-2-3-10-11(8-9)18-6-5-17-10/h2-3,8,12H,4-7H2,1H3. The average molecular weight is 321 g/mol. The Bertz CT molecular complexity index is 696. The van der Waals surface area contributed by atoms with Crippen molar-refractivity contribution in [3.63, 3.8) is 0 Å². The van der Waals surface area contributed by atoms with Gasteiger partial charge in [0.25, 0.3) is 0 Å². The lowest BCUT2D eigenvalue weighted by Crippen LogP contribution is -2.29. The van der Waals surface area contributed by atoms with Crippen LogP contribution in [0.4, 0.5) is 0 Å². The monoisotopic (exact) mass is 321 g/mol. The molecule has 0 atom stereocenters. The van der Waals surface area contributed by atoms with E-state index in [1.165, 1.54) is 18.2 Å². The van der Waals surface area contributed by atoms with Crippen molar-refractivity contribution < 1.29 is 26.3 Å². The van der Waals surface area contributed by atoms with E-state index in [0.717, 1.165) is 6.26 Å². The van der Waals surface area contributed by atoms with Crippen molar-refractivity contribution in [1.82, 2.24) is 4.72 Å². The molecule has 1 aliphatic rings. The molecule has 0 aliphatic carbocycles. The summed E-state index contributed by atoms with van der Waals surface area (Å²) >= 11 is 0. The fourth-order valence-electron chi connectivity index (χ4n) is 1.64. The second-order valence-corrected chi connectivity index (χ2v) is 8.36. The van der Waals surface area contributed by atoms with Crippen LogP contribution in [0.2, 0.25) is 0 Å². The van der Waals surface area contributed by atoms with E-state index in [9.17, 15) is 16.8 Å². The topological polar surface area (TPSA) is 98.8 Å². The number of rotatable bonds is 5. The van der Waals surface area contributed by atoms with Crippen LogP contribution in [0.15, 0.2) is 23.1 Å². The lowest BCUT2D eigenvalue weighted by atomic mass is 10.3. The van der Waals surface area contributed by atoms with Crippen LogP contribution in [-0.4, -0.2) is 48.6 Å². The van der Waals surface area contributed by atoms with Crippen molar-refractivity contribution in [3.8, 4) is 11.5 Å². The molecule has 0 aromatic heterocycles. The van der Waals surface area contributed by atoms with Crippen molar-refractivity contribution in [2.45, 2.75) is 4.90 Å². The van der Waals surface area contributed by atoms with Crippen LogP contribution in [0.3, 0.4) is 0 Å². The van der Waals surface area contributed by atoms with Crippen LogP contribution >= 0.6 is 0 Å². The second-order valence-electron chi connectivity index (χ2n) is 4.33. The maximum atomic E-state index is 12.0. The molecule has 112 valence electrons. The van der Waals surface area contributed by atoms with Gasteiger partial charge in [0.1, 0.15) is 23.1 Å². The van der Waals surface area contributed by atoms with Crippen LogP contribution in [0.25, 0.3) is 0 Å². The van der Waals surface area contributed by atoms with Crippen LogP contribution in [0.5, 0.6) is 11.5 Å². The first-order chi connectivity index (χ1) is 9.28. The Morgan fingerprint density at radius 2 is 1.75 bits per heavy atom. The zero-order valence-corrected chi connectivity index (χ0v) is 12.5. The van der Waals surface area contributed by atoms with Crippen molar-refractivity contribution in [2.75, 3.05) is 31.8 Å². The Morgan fingerprint density at radius 3 is 2.40 bits per heavy atom. The number of hydrogen-bond acceptors (Lipinski definition) is 6. The Hall–Kier alpha value is -1.32. The van der Waals surface area contributed by atoms with Crippen LogP contribution < -0.4 is 14.2 Å². The maximum Gasteiger partial charge on any atom is 0.240 e. The third-order valence-corrected chi connectivity index (χ3v) is 4.99. The van der Waals surface area contributed by atoms with E-state index in [2.05, 4.69) is 4.72 Å². The zero-order valence-electron chi connectivity index (χ0n) is 10.8. The summed E-state index contributed by atoms with van der Waals surface area (Å²) in [7, 11) is -6.98. The van der Waals surface area contributed by atoms with Gasteiger partial charge in [0.15, 0.2) is 11.5 Å². The summed E-state index contributed by atoms with van der Waals surface area (Å²) in [5.41, 5.74) is 0. The third-order valence-electron chi connectivity index (χ3n) is 2.59. The highest BCUT2D eigenvalue weighted by atomic mass is 32.2. The number of sulfone groups is 1. The Balaban J connectivity index is 2.13. The van der Waals surface area contributed by atoms with E-state index in [-0.39, 0.29) is 17.2 Å². The average Bonchev–Trinajstić information content (AvgIpc) is 2.36. The predicted molar refractivity (Wildman–Crippen MR) is 72.3 cm³/mol. The number of nitrogens with one attached hydrogen (secondary N) is 1. The quantitative estimate of drug-likeness (QED) is 0.805. The van der Waals surface area contributed by atoms with Crippen molar-refractivity contribution in [1.29, 1.82) is 0 Å². The maximum absolute atomic E-state index is 12.0. The Kier molecular flexibility index (Phi) is 4.21. The second kappa shape index (κ2) is 5.58. The lowest BCUT2D eigenvalue weighted by molar-refractivity contribution is 0.171. The van der Waals surface area contributed by atoms with Gasteiger partial charge in [-0.3, -0.25) is 0 Å². The summed E-state index contributed by atoms with van der Waals surface area (Å²) in [5, 5.41) is 0. The molecule has 1 N–H and O–H groups in total. The molecular formula is C11H15NO6S2. The van der Waals surface area contributed by atoms with Crippen molar-refractivity contribution >= 4 is 19.9 Å². The van der Waals surface area contributed by atoms with Crippen LogP contribution in [0, 0.1) is 0 Å². The van der Waals surface area contributed by atoms with Crippen LogP contribution in [0.1, 0.15) is 0 Å². The fourth-order valence-corrected chi connectivity index (χ4v) is 3.28. The van der Waals surface area contributed by atoms with Crippen LogP contribution in [-0.2, 0) is 19.9 Å². The molecule has 1 aromatic carbocycles. The van der Waals surface area contributed by atoms with Gasteiger partial charge in [-0.05, 0) is 12.1 Å². The van der Waals surface area contributed by atoms with Gasteiger partial charge in [-0.2, -0.15) is 0 Å². The Morgan fingerprint density at radius 1 is 1.10 bits per heavy atom. The first-order valence-corrected chi connectivity index (χ1v) is 9.39. The van der Waals surface area contributed by atoms with Gasteiger partial charge in [-0.15, -0.1) is 0 Å². The van der Waals surface area contributed by atoms with E-state index >= 15 is 0 Å². The van der Waals surface area contributed by atoms with E-state index in [1.807, 2.05) is 0 Å². The summed E-state index contributed by atoms with van der Waals surface area (Å²) in [6, 6.07) is 4.26. The summed E-state index contributed by atoms with van der Waals surface area (Å²) < 4.78 is 58.8. The van der Waals surface area contributed by atoms with Gasteiger partial charge in [-0.25, -0.2) is 21.6 Å². The molecule has 0 spiro atoms. The lowest BCUT2D eigenvalue weighted by Gasteiger charge is -2.18. The van der Waals surface area contributed by atoms with Crippen molar-refractivity contribution in [2.24, 2.45) is 0 Å². The molecule has 1 aromatic rings. The van der Waals surface area contributed by atoms with E-state index in [4.69, 9.17) is 9.47 Å². The van der Waals surface area contributed by atoms with Gasteiger partial charge >= 0.3 is 0 Å². The number of fused-ring (bicyclic) bond motifs is 1. The SMILES string of the molecule is CS(=O)(=O)CCNS(=O)(=O)c1ccc2c(c1)OCCO2. The van der Waals surface area contributed by atoms with Crippen molar-refractivity contribution in [3.05, 3.63) is 18.2 Å². The molecule has 0 radical (unpaired) electrons. The highest BCUT2D eigenvalue weighted by Gasteiger charge is 2.19. The molecule has 0 saturated carbocycles. The third kappa shape index (κ3) is 3.84. The highest BCUT2D eigenvalue weighted by Crippen LogP contribution is 2.32. The van der Waals surface area contributed by atoms with Gasteiger partial charge < -0.3 is 9.47 Å². The summed E-state index contributed by atoms with van der Waals surface area (Å²) in [4.78, 5) is 0.00949. The Labute approximate surface area is 117 Å². The molecule has 7 nitrogen and oxygen atoms in total.